The number of aliphatic hydroxyl groups excluding tert-OH is 1. The van der Waals surface area contributed by atoms with Gasteiger partial charge >= 0.3 is 5.97 Å². The van der Waals surface area contributed by atoms with Gasteiger partial charge < -0.3 is 34.0 Å². The Morgan fingerprint density at radius 2 is 1.85 bits per heavy atom. The number of nitrogens with zero attached hydrogens (tertiary/aromatic N) is 4. The molecular weight excluding hydrogens is 732 g/mol. The molecule has 4 heterocycles. The van der Waals surface area contributed by atoms with Gasteiger partial charge in [-0.2, -0.15) is 0 Å². The van der Waals surface area contributed by atoms with Crippen molar-refractivity contribution in [3.63, 3.8) is 0 Å². The molecule has 1 N–H and O–H groups in total. The molecule has 8 atom stereocenters. The molecule has 3 amide bonds. The summed E-state index contributed by atoms with van der Waals surface area (Å²) in [6.45, 7) is 14.1. The number of morpholine rings is 1. The third kappa shape index (κ3) is 8.33. The topological polar surface area (TPSA) is 129 Å². The van der Waals surface area contributed by atoms with Gasteiger partial charge in [-0.3, -0.25) is 24.1 Å². The summed E-state index contributed by atoms with van der Waals surface area (Å²) in [6, 6.07) is 7.83. The normalized spacial score (nSPS) is 27.9. The SMILES string of the molecule is C=CCCC(=O)N(C)[C@@H](C)[C@@H](OC(=O)[C@@H]1[C@H]2O[C@@]3(CC2Br)[C@H](C(=O)N(CC=C)CCN2CCOCC2)N(CCCCCO)C(=O)[C@@H]13)c1ccccc1. The maximum Gasteiger partial charge on any atom is 0.313 e. The maximum atomic E-state index is 14.8. The van der Waals surface area contributed by atoms with Crippen LogP contribution in [0.15, 0.2) is 55.6 Å². The first kappa shape index (κ1) is 40.1. The summed E-state index contributed by atoms with van der Waals surface area (Å²) in [5, 5.41) is 9.42. The van der Waals surface area contributed by atoms with Gasteiger partial charge in [0.2, 0.25) is 17.7 Å². The lowest BCUT2D eigenvalue weighted by Gasteiger charge is -2.38. The van der Waals surface area contributed by atoms with Gasteiger partial charge in [0.25, 0.3) is 0 Å². The van der Waals surface area contributed by atoms with Crippen LogP contribution in [0.5, 0.6) is 0 Å². The quantitative estimate of drug-likeness (QED) is 0.0973. The van der Waals surface area contributed by atoms with Crippen LogP contribution in [0.25, 0.3) is 0 Å². The molecule has 5 rings (SSSR count). The second-order valence-corrected chi connectivity index (χ2v) is 15.5. The van der Waals surface area contributed by atoms with E-state index in [2.05, 4.69) is 34.0 Å². The summed E-state index contributed by atoms with van der Waals surface area (Å²) in [6.07, 6.45) is 4.92. The van der Waals surface area contributed by atoms with Crippen molar-refractivity contribution in [3.8, 4) is 0 Å². The number of likely N-dealkylation sites (N-methyl/N-ethyl adjacent to an activating group) is 1. The monoisotopic (exact) mass is 786 g/mol. The largest absolute Gasteiger partial charge is 0.455 e. The van der Waals surface area contributed by atoms with Gasteiger partial charge in [-0.25, -0.2) is 0 Å². The molecule has 4 aliphatic heterocycles. The lowest BCUT2D eigenvalue weighted by molar-refractivity contribution is -0.164. The van der Waals surface area contributed by atoms with Gasteiger partial charge in [0, 0.05) is 64.2 Å². The fourth-order valence-corrected chi connectivity index (χ4v) is 9.26. The number of carbonyl (C=O) groups excluding carboxylic acids is 4. The van der Waals surface area contributed by atoms with Crippen molar-refractivity contribution in [3.05, 3.63) is 61.2 Å². The number of benzene rings is 1. The van der Waals surface area contributed by atoms with E-state index in [1.807, 2.05) is 37.3 Å². The summed E-state index contributed by atoms with van der Waals surface area (Å²) in [5.74, 6) is -3.10. The molecule has 1 aromatic rings. The fourth-order valence-electron chi connectivity index (χ4n) is 8.32. The summed E-state index contributed by atoms with van der Waals surface area (Å²) >= 11 is 3.77. The molecule has 1 spiro atoms. The number of hydrogen-bond acceptors (Lipinski definition) is 9. The minimum atomic E-state index is -1.24. The molecule has 12 nitrogen and oxygen atoms in total. The Morgan fingerprint density at radius 3 is 2.52 bits per heavy atom. The van der Waals surface area contributed by atoms with Crippen LogP contribution in [0, 0.1) is 11.8 Å². The number of alkyl halides is 1. The lowest BCUT2D eigenvalue weighted by atomic mass is 9.70. The average Bonchev–Trinajstić information content (AvgIpc) is 3.75. The van der Waals surface area contributed by atoms with E-state index < -0.39 is 47.7 Å². The average molecular weight is 788 g/mol. The van der Waals surface area contributed by atoms with Crippen LogP contribution in [-0.2, 0) is 33.4 Å². The van der Waals surface area contributed by atoms with E-state index in [1.54, 1.807) is 33.9 Å². The van der Waals surface area contributed by atoms with Crippen LogP contribution in [-0.4, -0.2) is 143 Å². The number of ether oxygens (including phenoxy) is 3. The standard InChI is InChI=1S/C39H55BrN4O8/c1-5-7-16-30(46)41(4)27(3)33(28-14-10-8-11-15-28)51-38(49)31-32-36(47)44(18-12-9-13-23-45)35(39(32)26-29(40)34(31)52-39)37(48)43(17-6-2)20-19-42-21-24-50-25-22-42/h5-6,8,10-11,14-15,27,29,31-35,45H,1-2,7,9,12-13,16-26H2,3-4H3/t27-,29?,31-,32+,33+,34-,35-,39+/m0/s1. The fraction of sp³-hybridized carbons (Fsp3) is 0.641. The number of fused-ring (bicyclic) bond motifs is 1. The van der Waals surface area contributed by atoms with E-state index in [0.29, 0.717) is 71.5 Å². The maximum absolute atomic E-state index is 14.8. The van der Waals surface area contributed by atoms with Gasteiger partial charge in [-0.15, -0.1) is 13.2 Å². The lowest BCUT2D eigenvalue weighted by Crippen LogP contribution is -2.57. The highest BCUT2D eigenvalue weighted by molar-refractivity contribution is 9.09. The zero-order valence-corrected chi connectivity index (χ0v) is 32.2. The van der Waals surface area contributed by atoms with E-state index >= 15 is 0 Å². The molecule has 286 valence electrons. The van der Waals surface area contributed by atoms with E-state index in [-0.39, 0.29) is 35.6 Å². The molecule has 52 heavy (non-hydrogen) atoms. The van der Waals surface area contributed by atoms with Gasteiger partial charge in [0.1, 0.15) is 17.7 Å². The van der Waals surface area contributed by atoms with Gasteiger partial charge in [0.05, 0.1) is 37.2 Å². The molecule has 1 aromatic carbocycles. The predicted molar refractivity (Wildman–Crippen MR) is 199 cm³/mol. The Morgan fingerprint density at radius 1 is 1.12 bits per heavy atom. The second-order valence-electron chi connectivity index (χ2n) is 14.3. The van der Waals surface area contributed by atoms with Crippen molar-refractivity contribution in [2.75, 3.05) is 66.1 Å². The molecule has 0 aliphatic carbocycles. The molecule has 4 fully saturated rings. The number of hydrogen-bond donors (Lipinski definition) is 1. The zero-order valence-electron chi connectivity index (χ0n) is 30.6. The Kier molecular flexibility index (Phi) is 14.1. The number of halogens is 1. The highest BCUT2D eigenvalue weighted by Gasteiger charge is 2.77. The number of amides is 3. The number of unbranched alkanes of at least 4 members (excludes halogenated alkanes) is 2. The molecule has 2 bridgehead atoms. The molecule has 4 aliphatic rings. The first-order valence-corrected chi connectivity index (χ1v) is 19.6. The minimum absolute atomic E-state index is 0.0392. The van der Waals surface area contributed by atoms with E-state index in [9.17, 15) is 24.3 Å². The molecule has 13 heteroatoms. The first-order valence-electron chi connectivity index (χ1n) is 18.6. The van der Waals surface area contributed by atoms with Crippen LogP contribution in [0.4, 0.5) is 0 Å². The molecule has 0 radical (unpaired) electrons. The van der Waals surface area contributed by atoms with E-state index in [4.69, 9.17) is 14.2 Å². The second kappa shape index (κ2) is 18.3. The van der Waals surface area contributed by atoms with Gasteiger partial charge in [-0.1, -0.05) is 58.4 Å². The van der Waals surface area contributed by atoms with Crippen LogP contribution in [0.2, 0.25) is 0 Å². The first-order chi connectivity index (χ1) is 25.1. The van der Waals surface area contributed by atoms with Crippen molar-refractivity contribution in [1.82, 2.24) is 19.6 Å². The van der Waals surface area contributed by atoms with Crippen LogP contribution in [0.1, 0.15) is 57.1 Å². The Bertz CT molecular complexity index is 1430. The number of aliphatic hydroxyl groups is 1. The molecular formula is C39H55BrN4O8. The molecule has 0 saturated carbocycles. The number of carbonyl (C=O) groups is 4. The van der Waals surface area contributed by atoms with Gasteiger partial charge in [-0.05, 0) is 44.6 Å². The number of allylic oxidation sites excluding steroid dienone is 1. The van der Waals surface area contributed by atoms with Crippen molar-refractivity contribution in [1.29, 1.82) is 0 Å². The zero-order chi connectivity index (χ0) is 37.4. The summed E-state index contributed by atoms with van der Waals surface area (Å²) in [5.41, 5.74) is -0.519. The third-order valence-corrected chi connectivity index (χ3v) is 12.0. The van der Waals surface area contributed by atoms with E-state index in [1.165, 1.54) is 0 Å². The Balaban J connectivity index is 1.45. The highest BCUT2D eigenvalue weighted by atomic mass is 79.9. The van der Waals surface area contributed by atoms with Crippen LogP contribution >= 0.6 is 15.9 Å². The van der Waals surface area contributed by atoms with Crippen molar-refractivity contribution in [2.45, 2.75) is 80.2 Å². The molecule has 0 aromatic heterocycles. The van der Waals surface area contributed by atoms with Gasteiger partial charge in [0.15, 0.2) is 0 Å². The summed E-state index contributed by atoms with van der Waals surface area (Å²) in [4.78, 5) is 64.0. The molecule has 4 saturated heterocycles. The summed E-state index contributed by atoms with van der Waals surface area (Å²) < 4.78 is 18.6. The third-order valence-electron chi connectivity index (χ3n) is 11.2. The molecule has 1 unspecified atom stereocenters. The minimum Gasteiger partial charge on any atom is -0.455 e. The smallest absolute Gasteiger partial charge is 0.313 e. The number of likely N-dealkylation sites (tertiary alicyclic amines) is 1. The Labute approximate surface area is 316 Å². The Hall–Kier alpha value is -3.10. The van der Waals surface area contributed by atoms with Crippen molar-refractivity contribution >= 4 is 39.6 Å². The summed E-state index contributed by atoms with van der Waals surface area (Å²) in [7, 11) is 1.70. The van der Waals surface area contributed by atoms with Crippen molar-refractivity contribution < 1.29 is 38.5 Å². The highest BCUT2D eigenvalue weighted by Crippen LogP contribution is 2.60. The van der Waals surface area contributed by atoms with Crippen LogP contribution in [0.3, 0.4) is 0 Å². The van der Waals surface area contributed by atoms with E-state index in [0.717, 1.165) is 18.7 Å². The number of rotatable bonds is 19. The van der Waals surface area contributed by atoms with Crippen molar-refractivity contribution in [2.24, 2.45) is 11.8 Å². The number of esters is 1. The van der Waals surface area contributed by atoms with Crippen LogP contribution < -0.4 is 0 Å². The predicted octanol–water partition coefficient (Wildman–Crippen LogP) is 3.34.